The highest BCUT2D eigenvalue weighted by molar-refractivity contribution is 5.71. The molecule has 0 radical (unpaired) electrons. The molecule has 0 aliphatic rings. The first-order valence-corrected chi connectivity index (χ1v) is 23.8. The van der Waals surface area contributed by atoms with Crippen LogP contribution >= 0.6 is 0 Å². The van der Waals surface area contributed by atoms with Gasteiger partial charge in [-0.1, -0.05) is 182 Å². The van der Waals surface area contributed by atoms with E-state index in [1.165, 1.54) is 38.5 Å². The monoisotopic (exact) mass is 819 g/mol. The van der Waals surface area contributed by atoms with E-state index in [1.807, 2.05) is 0 Å². The fourth-order valence-corrected chi connectivity index (χ4v) is 5.97. The molecule has 0 aromatic rings. The zero-order valence-corrected chi connectivity index (χ0v) is 38.0. The summed E-state index contributed by atoms with van der Waals surface area (Å²) in [6.45, 7) is 6.33. The van der Waals surface area contributed by atoms with Crippen LogP contribution in [0.5, 0.6) is 0 Å². The van der Waals surface area contributed by atoms with E-state index in [1.54, 1.807) is 0 Å². The number of carbonyl (C=O) groups excluding carboxylic acids is 3. The Morgan fingerprint density at radius 2 is 0.712 bits per heavy atom. The lowest BCUT2D eigenvalue weighted by Gasteiger charge is -2.18. The van der Waals surface area contributed by atoms with Gasteiger partial charge in [-0.05, 0) is 96.3 Å². The third kappa shape index (κ3) is 45.3. The predicted molar refractivity (Wildman–Crippen MR) is 251 cm³/mol. The summed E-state index contributed by atoms with van der Waals surface area (Å²) < 4.78 is 16.7. The minimum Gasteiger partial charge on any atom is -0.462 e. The highest BCUT2D eigenvalue weighted by atomic mass is 16.6. The van der Waals surface area contributed by atoms with Crippen LogP contribution in [0.1, 0.15) is 201 Å². The topological polar surface area (TPSA) is 78.9 Å². The second-order valence-electron chi connectivity index (χ2n) is 15.3. The third-order valence-corrected chi connectivity index (χ3v) is 9.60. The van der Waals surface area contributed by atoms with Crippen LogP contribution in [0.2, 0.25) is 0 Å². The number of hydrogen-bond donors (Lipinski definition) is 0. The second-order valence-corrected chi connectivity index (χ2v) is 15.3. The number of unbranched alkanes of at least 4 members (excludes halogenated alkanes) is 16. The third-order valence-electron chi connectivity index (χ3n) is 9.60. The Labute approximate surface area is 362 Å². The van der Waals surface area contributed by atoms with Crippen LogP contribution in [0.25, 0.3) is 0 Å². The zero-order valence-electron chi connectivity index (χ0n) is 38.0. The van der Waals surface area contributed by atoms with Gasteiger partial charge in [0.15, 0.2) is 6.10 Å². The van der Waals surface area contributed by atoms with Gasteiger partial charge in [0.2, 0.25) is 0 Å². The molecule has 0 aliphatic heterocycles. The van der Waals surface area contributed by atoms with Crippen molar-refractivity contribution in [3.8, 4) is 0 Å². The van der Waals surface area contributed by atoms with Gasteiger partial charge in [-0.25, -0.2) is 0 Å². The van der Waals surface area contributed by atoms with E-state index >= 15 is 0 Å². The van der Waals surface area contributed by atoms with E-state index in [0.29, 0.717) is 12.8 Å². The van der Waals surface area contributed by atoms with Crippen molar-refractivity contribution in [2.24, 2.45) is 0 Å². The van der Waals surface area contributed by atoms with E-state index < -0.39 is 6.10 Å². The van der Waals surface area contributed by atoms with Crippen molar-refractivity contribution in [2.75, 3.05) is 13.2 Å². The van der Waals surface area contributed by atoms with Gasteiger partial charge in [-0.3, -0.25) is 14.4 Å². The minimum atomic E-state index is -0.807. The van der Waals surface area contributed by atoms with Crippen molar-refractivity contribution in [1.29, 1.82) is 0 Å². The number of allylic oxidation sites excluding steroid dienone is 16. The lowest BCUT2D eigenvalue weighted by molar-refractivity contribution is -0.167. The molecule has 0 bridgehead atoms. The molecule has 0 aliphatic carbocycles. The van der Waals surface area contributed by atoms with Crippen molar-refractivity contribution in [3.05, 3.63) is 97.2 Å². The Kier molecular flexibility index (Phi) is 44.1. The van der Waals surface area contributed by atoms with Crippen molar-refractivity contribution < 1.29 is 28.6 Å². The van der Waals surface area contributed by atoms with Crippen LogP contribution in [0, 0.1) is 0 Å². The van der Waals surface area contributed by atoms with Crippen LogP contribution in [-0.2, 0) is 28.6 Å². The normalized spacial score (nSPS) is 12.9. The lowest BCUT2D eigenvalue weighted by atomic mass is 10.1. The maximum absolute atomic E-state index is 12.7. The van der Waals surface area contributed by atoms with Crippen LogP contribution in [0.15, 0.2) is 97.2 Å². The minimum absolute atomic E-state index is 0.106. The summed E-state index contributed by atoms with van der Waals surface area (Å²) in [5.41, 5.74) is 0. The summed E-state index contributed by atoms with van der Waals surface area (Å²) in [4.78, 5) is 37.8. The van der Waals surface area contributed by atoms with E-state index in [-0.39, 0.29) is 37.5 Å². The maximum atomic E-state index is 12.7. The summed E-state index contributed by atoms with van der Waals surface area (Å²) in [6, 6.07) is 0. The summed E-state index contributed by atoms with van der Waals surface area (Å²) in [7, 11) is 0. The number of carbonyl (C=O) groups is 3. The molecule has 0 saturated carbocycles. The molecule has 1 unspecified atom stereocenters. The highest BCUT2D eigenvalue weighted by Gasteiger charge is 2.19. The van der Waals surface area contributed by atoms with Gasteiger partial charge in [-0.2, -0.15) is 0 Å². The van der Waals surface area contributed by atoms with Gasteiger partial charge in [0.25, 0.3) is 0 Å². The molecule has 0 heterocycles. The average molecular weight is 819 g/mol. The van der Waals surface area contributed by atoms with Crippen LogP contribution < -0.4 is 0 Å². The van der Waals surface area contributed by atoms with Crippen LogP contribution in [0.4, 0.5) is 0 Å². The van der Waals surface area contributed by atoms with Crippen molar-refractivity contribution in [2.45, 2.75) is 207 Å². The molecule has 6 nitrogen and oxygen atoms in total. The van der Waals surface area contributed by atoms with Gasteiger partial charge < -0.3 is 14.2 Å². The van der Waals surface area contributed by atoms with Gasteiger partial charge >= 0.3 is 17.9 Å². The Morgan fingerprint density at radius 1 is 0.373 bits per heavy atom. The molecule has 334 valence electrons. The maximum Gasteiger partial charge on any atom is 0.306 e. The molecule has 0 aromatic carbocycles. The number of ether oxygens (including phenoxy) is 3. The average Bonchev–Trinajstić information content (AvgIpc) is 3.23. The first-order valence-electron chi connectivity index (χ1n) is 23.8. The Balaban J connectivity index is 4.43. The molecule has 59 heavy (non-hydrogen) atoms. The molecule has 0 fully saturated rings. The first kappa shape index (κ1) is 55.3. The molecular formula is C53H86O6. The summed E-state index contributed by atoms with van der Waals surface area (Å²) in [5.74, 6) is -0.985. The molecule has 0 aromatic heterocycles. The molecule has 6 heteroatoms. The van der Waals surface area contributed by atoms with Crippen molar-refractivity contribution >= 4 is 17.9 Å². The van der Waals surface area contributed by atoms with Crippen LogP contribution in [0.3, 0.4) is 0 Å². The number of hydrogen-bond acceptors (Lipinski definition) is 6. The van der Waals surface area contributed by atoms with Gasteiger partial charge in [-0.15, -0.1) is 0 Å². The van der Waals surface area contributed by atoms with Crippen molar-refractivity contribution in [1.82, 2.24) is 0 Å². The first-order chi connectivity index (χ1) is 29.0. The van der Waals surface area contributed by atoms with Crippen molar-refractivity contribution in [3.63, 3.8) is 0 Å². The molecule has 0 saturated heterocycles. The number of rotatable bonds is 41. The fourth-order valence-electron chi connectivity index (χ4n) is 5.97. The standard InChI is InChI=1S/C53H86O6/c1-4-7-10-13-16-19-22-23-24-25-26-27-28-29-32-34-37-40-43-46-52(55)58-49-50(59-53(56)47-44-41-38-35-31-21-18-15-12-9-6-3)48-57-51(54)45-42-39-36-33-30-20-17-14-11-8-5-2/h7,10,14-21,23-24,26-27,30-31,50H,4-6,8-9,11-13,22,25,28-29,32-49H2,1-3H3/b10-7-,17-14-,18-15-,19-16-,24-23-,27-26-,30-20-,31-21-. The predicted octanol–water partition coefficient (Wildman–Crippen LogP) is 15.4. The summed E-state index contributed by atoms with van der Waals surface area (Å²) in [6.07, 6.45) is 61.1. The zero-order chi connectivity index (χ0) is 43.0. The van der Waals surface area contributed by atoms with E-state index in [0.717, 1.165) is 122 Å². The number of esters is 3. The largest absolute Gasteiger partial charge is 0.462 e. The molecular weight excluding hydrogens is 733 g/mol. The van der Waals surface area contributed by atoms with Gasteiger partial charge in [0.1, 0.15) is 13.2 Å². The Morgan fingerprint density at radius 3 is 1.15 bits per heavy atom. The highest BCUT2D eigenvalue weighted by Crippen LogP contribution is 2.12. The molecule has 0 N–H and O–H groups in total. The van der Waals surface area contributed by atoms with Crippen LogP contribution in [-0.4, -0.2) is 37.2 Å². The van der Waals surface area contributed by atoms with E-state index in [4.69, 9.17) is 14.2 Å². The van der Waals surface area contributed by atoms with Gasteiger partial charge in [0, 0.05) is 19.3 Å². The summed E-state index contributed by atoms with van der Waals surface area (Å²) in [5, 5.41) is 0. The SMILES string of the molecule is CC/C=C\C/C=C\C/C=C\C/C=C\CCCCCCCCC(=O)OCC(COC(=O)CCCCC/C=C\C=C/CCCC)OC(=O)CCCCC/C=C\C=C/CCCC. The van der Waals surface area contributed by atoms with E-state index in [2.05, 4.69) is 118 Å². The fraction of sp³-hybridized carbons (Fsp3) is 0.642. The lowest BCUT2D eigenvalue weighted by Crippen LogP contribution is -2.30. The second kappa shape index (κ2) is 47.0. The molecule has 0 rings (SSSR count). The molecule has 0 spiro atoms. The Hall–Kier alpha value is -3.67. The van der Waals surface area contributed by atoms with Gasteiger partial charge in [0.05, 0.1) is 0 Å². The Bertz CT molecular complexity index is 1220. The molecule has 1 atom stereocenters. The van der Waals surface area contributed by atoms with E-state index in [9.17, 15) is 14.4 Å². The molecule has 0 amide bonds. The smallest absolute Gasteiger partial charge is 0.306 e. The quantitative estimate of drug-likeness (QED) is 0.0201. The summed E-state index contributed by atoms with van der Waals surface area (Å²) >= 11 is 0.